The molecule has 1 saturated carbocycles. The number of rotatable bonds is 5. The highest BCUT2D eigenvalue weighted by molar-refractivity contribution is 8.00. The van der Waals surface area contributed by atoms with Crippen LogP contribution in [0.5, 0.6) is 0 Å². The molecule has 1 aliphatic rings. The molecule has 1 aromatic carbocycles. The molecule has 0 saturated heterocycles. The van der Waals surface area contributed by atoms with Gasteiger partial charge in [0.25, 0.3) is 0 Å². The molecule has 1 aliphatic carbocycles. The Morgan fingerprint density at radius 1 is 1.59 bits per heavy atom. The average Bonchev–Trinajstić information content (AvgIpc) is 3.08. The van der Waals surface area contributed by atoms with Gasteiger partial charge in [-0.3, -0.25) is 0 Å². The first kappa shape index (κ1) is 13.0. The molecule has 0 heterocycles. The summed E-state index contributed by atoms with van der Waals surface area (Å²) in [7, 11) is 0. The van der Waals surface area contributed by atoms with E-state index in [1.54, 1.807) is 0 Å². The summed E-state index contributed by atoms with van der Waals surface area (Å²) in [6.45, 7) is 0.950. The molecule has 1 fully saturated rings. The van der Waals surface area contributed by atoms with Gasteiger partial charge in [-0.1, -0.05) is 23.8 Å². The van der Waals surface area contributed by atoms with Gasteiger partial charge in [0.2, 0.25) is 0 Å². The minimum Gasteiger partial charge on any atom is -0.389 e. The predicted molar refractivity (Wildman–Crippen MR) is 81.3 cm³/mol. The first-order chi connectivity index (χ1) is 8.06. The van der Waals surface area contributed by atoms with Crippen LogP contribution >= 0.6 is 35.6 Å². The molecule has 2 rings (SSSR count). The van der Waals surface area contributed by atoms with Crippen LogP contribution in [0.4, 0.5) is 5.69 Å². The number of hydrogen-bond donors (Lipinski definition) is 2. The summed E-state index contributed by atoms with van der Waals surface area (Å²) >= 11 is 12.9. The highest BCUT2D eigenvalue weighted by atomic mass is 35.5. The van der Waals surface area contributed by atoms with Gasteiger partial charge in [0.1, 0.15) is 4.99 Å². The van der Waals surface area contributed by atoms with Crippen molar-refractivity contribution in [3.8, 4) is 0 Å². The van der Waals surface area contributed by atoms with Crippen LogP contribution in [0.2, 0.25) is 5.02 Å². The lowest BCUT2D eigenvalue weighted by atomic mass is 10.1. The molecular formula is C12H15ClN2S2. The van der Waals surface area contributed by atoms with Gasteiger partial charge in [-0.2, -0.15) is 11.8 Å². The molecule has 0 aromatic heterocycles. The van der Waals surface area contributed by atoms with Gasteiger partial charge < -0.3 is 11.1 Å². The van der Waals surface area contributed by atoms with Crippen LogP contribution in [-0.2, 0) is 0 Å². The summed E-state index contributed by atoms with van der Waals surface area (Å²) in [5.41, 5.74) is 7.50. The maximum atomic E-state index is 5.94. The van der Waals surface area contributed by atoms with Gasteiger partial charge in [-0.05, 0) is 37.3 Å². The second-order valence-electron chi connectivity index (χ2n) is 4.29. The van der Waals surface area contributed by atoms with E-state index in [0.717, 1.165) is 17.8 Å². The topological polar surface area (TPSA) is 38.0 Å². The van der Waals surface area contributed by atoms with Gasteiger partial charge >= 0.3 is 0 Å². The van der Waals surface area contributed by atoms with Crippen LogP contribution in [0.25, 0.3) is 0 Å². The molecule has 2 nitrogen and oxygen atoms in total. The summed E-state index contributed by atoms with van der Waals surface area (Å²) in [4.78, 5) is 0.379. The van der Waals surface area contributed by atoms with E-state index in [-0.39, 0.29) is 0 Å². The number of thiocarbonyl (C=S) groups is 1. The van der Waals surface area contributed by atoms with Crippen molar-refractivity contribution >= 4 is 46.3 Å². The SMILES string of the molecule is CSC1(CNc2ccc(Cl)cc2C(N)=S)CC1. The Morgan fingerprint density at radius 2 is 2.29 bits per heavy atom. The first-order valence-corrected chi connectivity index (χ1v) is 7.46. The van der Waals surface area contributed by atoms with E-state index in [0.29, 0.717) is 14.8 Å². The lowest BCUT2D eigenvalue weighted by molar-refractivity contribution is 0.949. The normalized spacial score (nSPS) is 16.6. The first-order valence-electron chi connectivity index (χ1n) is 5.45. The van der Waals surface area contributed by atoms with Crippen molar-refractivity contribution in [2.45, 2.75) is 17.6 Å². The molecule has 0 radical (unpaired) electrons. The second kappa shape index (κ2) is 5.04. The number of anilines is 1. The largest absolute Gasteiger partial charge is 0.389 e. The maximum Gasteiger partial charge on any atom is 0.106 e. The fourth-order valence-electron chi connectivity index (χ4n) is 1.72. The molecule has 3 N–H and O–H groups in total. The van der Waals surface area contributed by atoms with Gasteiger partial charge in [0.15, 0.2) is 0 Å². The average molecular weight is 287 g/mol. The van der Waals surface area contributed by atoms with Gasteiger partial charge in [-0.15, -0.1) is 0 Å². The quantitative estimate of drug-likeness (QED) is 0.815. The van der Waals surface area contributed by atoms with Crippen LogP contribution in [-0.4, -0.2) is 22.5 Å². The fourth-order valence-corrected chi connectivity index (χ4v) is 2.79. The zero-order chi connectivity index (χ0) is 12.5. The third kappa shape index (κ3) is 3.06. The van der Waals surface area contributed by atoms with Crippen molar-refractivity contribution in [1.82, 2.24) is 0 Å². The molecular weight excluding hydrogens is 272 g/mol. The zero-order valence-corrected chi connectivity index (χ0v) is 12.0. The highest BCUT2D eigenvalue weighted by Crippen LogP contribution is 2.47. The number of benzene rings is 1. The second-order valence-corrected chi connectivity index (χ2v) is 6.45. The third-order valence-electron chi connectivity index (χ3n) is 3.09. The van der Waals surface area contributed by atoms with Crippen LogP contribution in [0.3, 0.4) is 0 Å². The van der Waals surface area contributed by atoms with E-state index in [1.165, 1.54) is 12.8 Å². The number of halogens is 1. The molecule has 1 aromatic rings. The van der Waals surface area contributed by atoms with E-state index < -0.39 is 0 Å². The fraction of sp³-hybridized carbons (Fsp3) is 0.417. The third-order valence-corrected chi connectivity index (χ3v) is 4.96. The van der Waals surface area contributed by atoms with Gasteiger partial charge in [0.05, 0.1) is 0 Å². The van der Waals surface area contributed by atoms with Crippen molar-refractivity contribution in [2.24, 2.45) is 5.73 Å². The molecule has 0 atom stereocenters. The molecule has 0 unspecified atom stereocenters. The lowest BCUT2D eigenvalue weighted by Gasteiger charge is -2.16. The Kier molecular flexibility index (Phi) is 3.85. The lowest BCUT2D eigenvalue weighted by Crippen LogP contribution is -2.20. The Morgan fingerprint density at radius 3 is 2.82 bits per heavy atom. The molecule has 5 heteroatoms. The van der Waals surface area contributed by atoms with Crippen molar-refractivity contribution in [3.05, 3.63) is 28.8 Å². The summed E-state index contributed by atoms with van der Waals surface area (Å²) in [5.74, 6) is 0. The molecule has 0 aliphatic heterocycles. The number of hydrogen-bond acceptors (Lipinski definition) is 3. The van der Waals surface area contributed by atoms with E-state index in [4.69, 9.17) is 29.6 Å². The monoisotopic (exact) mass is 286 g/mol. The highest BCUT2D eigenvalue weighted by Gasteiger charge is 2.41. The number of nitrogens with two attached hydrogens (primary N) is 1. The van der Waals surface area contributed by atoms with Crippen molar-refractivity contribution in [3.63, 3.8) is 0 Å². The van der Waals surface area contributed by atoms with E-state index in [9.17, 15) is 0 Å². The minimum atomic E-state index is 0.379. The summed E-state index contributed by atoms with van der Waals surface area (Å²) < 4.78 is 0.410. The van der Waals surface area contributed by atoms with E-state index in [2.05, 4.69) is 11.6 Å². The van der Waals surface area contributed by atoms with Crippen molar-refractivity contribution in [2.75, 3.05) is 18.1 Å². The number of nitrogens with one attached hydrogen (secondary N) is 1. The molecule has 17 heavy (non-hydrogen) atoms. The Hall–Kier alpha value is -0.450. The smallest absolute Gasteiger partial charge is 0.106 e. The standard InChI is InChI=1S/C12H15ClN2S2/c1-17-12(4-5-12)7-15-10-3-2-8(13)6-9(10)11(14)16/h2-3,6,15H,4-5,7H2,1H3,(H2,14,16). The van der Waals surface area contributed by atoms with Crippen LogP contribution < -0.4 is 11.1 Å². The molecule has 0 bridgehead atoms. The molecule has 0 amide bonds. The van der Waals surface area contributed by atoms with Crippen molar-refractivity contribution in [1.29, 1.82) is 0 Å². The van der Waals surface area contributed by atoms with Crippen molar-refractivity contribution < 1.29 is 0 Å². The minimum absolute atomic E-state index is 0.379. The summed E-state index contributed by atoms with van der Waals surface area (Å²) in [6.07, 6.45) is 4.71. The van der Waals surface area contributed by atoms with Crippen LogP contribution in [0, 0.1) is 0 Å². The Balaban J connectivity index is 2.12. The molecule has 0 spiro atoms. The van der Waals surface area contributed by atoms with Crippen LogP contribution in [0.15, 0.2) is 18.2 Å². The van der Waals surface area contributed by atoms with E-state index >= 15 is 0 Å². The number of thioether (sulfide) groups is 1. The summed E-state index contributed by atoms with van der Waals surface area (Å²) in [5, 5.41) is 4.09. The maximum absolute atomic E-state index is 5.94. The Bertz CT molecular complexity index is 444. The van der Waals surface area contributed by atoms with Crippen LogP contribution in [0.1, 0.15) is 18.4 Å². The predicted octanol–water partition coefficient (Wildman–Crippen LogP) is 3.28. The van der Waals surface area contributed by atoms with Gasteiger partial charge in [-0.25, -0.2) is 0 Å². The van der Waals surface area contributed by atoms with E-state index in [1.807, 2.05) is 30.0 Å². The zero-order valence-electron chi connectivity index (χ0n) is 9.63. The summed E-state index contributed by atoms with van der Waals surface area (Å²) in [6, 6.07) is 5.60. The molecule has 92 valence electrons. The van der Waals surface area contributed by atoms with Gasteiger partial charge in [0, 0.05) is 27.6 Å². The Labute approximate surface area is 116 Å².